The second-order valence-electron chi connectivity index (χ2n) is 7.54. The van der Waals surface area contributed by atoms with E-state index in [2.05, 4.69) is 48.3 Å². The Morgan fingerprint density at radius 3 is 2.59 bits per heavy atom. The Morgan fingerprint density at radius 1 is 1.26 bits per heavy atom. The number of aryl methyl sites for hydroxylation is 1. The highest BCUT2D eigenvalue weighted by atomic mass is 16.4. The lowest BCUT2D eigenvalue weighted by molar-refractivity contribution is 0.0694. The van der Waals surface area contributed by atoms with Crippen LogP contribution in [0.25, 0.3) is 0 Å². The third-order valence-electron chi connectivity index (χ3n) is 5.25. The summed E-state index contributed by atoms with van der Waals surface area (Å²) in [5.74, 6) is -1.10. The van der Waals surface area contributed by atoms with Crippen molar-refractivity contribution in [3.05, 3.63) is 58.5 Å². The molecule has 1 aromatic heterocycles. The predicted molar refractivity (Wildman–Crippen MR) is 102 cm³/mol. The van der Waals surface area contributed by atoms with Crippen molar-refractivity contribution in [2.75, 3.05) is 13.1 Å². The third kappa shape index (κ3) is 4.06. The summed E-state index contributed by atoms with van der Waals surface area (Å²) in [6.07, 6.45) is 1.42. The Kier molecular flexibility index (Phi) is 5.37. The number of amides is 1. The lowest BCUT2D eigenvalue weighted by atomic mass is 9.94. The second kappa shape index (κ2) is 7.56. The number of carboxylic acid groups (broad SMARTS) is 1. The smallest absolute Gasteiger partial charge is 0.339 e. The molecule has 0 bridgehead atoms. The van der Waals surface area contributed by atoms with Crippen molar-refractivity contribution >= 4 is 11.9 Å². The number of carbonyl (C=O) groups excluding carboxylic acids is 1. The van der Waals surface area contributed by atoms with Gasteiger partial charge in [0.2, 0.25) is 0 Å². The number of carboxylic acids is 1. The van der Waals surface area contributed by atoms with Crippen molar-refractivity contribution in [3.8, 4) is 0 Å². The van der Waals surface area contributed by atoms with E-state index in [0.29, 0.717) is 18.7 Å². The molecule has 2 N–H and O–H groups in total. The van der Waals surface area contributed by atoms with Gasteiger partial charge in [-0.3, -0.25) is 9.69 Å². The summed E-state index contributed by atoms with van der Waals surface area (Å²) < 4.78 is 5.44. The molecule has 6 heteroatoms. The molecule has 0 atom stereocenters. The van der Waals surface area contributed by atoms with E-state index < -0.39 is 5.97 Å². The van der Waals surface area contributed by atoms with Crippen molar-refractivity contribution < 1.29 is 19.1 Å². The summed E-state index contributed by atoms with van der Waals surface area (Å²) in [6.45, 7) is 8.22. The van der Waals surface area contributed by atoms with E-state index in [1.165, 1.54) is 17.2 Å². The molecular formula is C21H26N2O4. The Balaban J connectivity index is 1.65. The maximum Gasteiger partial charge on any atom is 0.339 e. The maximum absolute atomic E-state index is 12.5. The number of hydrogen-bond donors (Lipinski definition) is 2. The highest BCUT2D eigenvalue weighted by Crippen LogP contribution is 2.25. The molecule has 0 saturated carbocycles. The molecule has 2 aromatic rings. The largest absolute Gasteiger partial charge is 0.478 e. The van der Waals surface area contributed by atoms with E-state index >= 15 is 0 Å². The van der Waals surface area contributed by atoms with Gasteiger partial charge in [0, 0.05) is 37.7 Å². The number of carbonyl (C=O) groups is 2. The maximum atomic E-state index is 12.5. The monoisotopic (exact) mass is 370 g/mol. The van der Waals surface area contributed by atoms with Gasteiger partial charge in [-0.2, -0.15) is 0 Å². The van der Waals surface area contributed by atoms with Crippen LogP contribution in [0.15, 0.2) is 34.7 Å². The lowest BCUT2D eigenvalue weighted by Crippen LogP contribution is -2.53. The van der Waals surface area contributed by atoms with Crippen LogP contribution in [0, 0.1) is 0 Å². The topological polar surface area (TPSA) is 82.8 Å². The Hall–Kier alpha value is -2.60. The molecule has 144 valence electrons. The highest BCUT2D eigenvalue weighted by Gasteiger charge is 2.30. The van der Waals surface area contributed by atoms with Crippen LogP contribution in [0.2, 0.25) is 0 Å². The number of hydrogen-bond acceptors (Lipinski definition) is 4. The van der Waals surface area contributed by atoms with Crippen LogP contribution in [0.1, 0.15) is 58.6 Å². The summed E-state index contributed by atoms with van der Waals surface area (Å²) in [7, 11) is 0. The van der Waals surface area contributed by atoms with E-state index in [-0.39, 0.29) is 22.8 Å². The van der Waals surface area contributed by atoms with Crippen LogP contribution in [0.4, 0.5) is 0 Å². The van der Waals surface area contributed by atoms with Crippen LogP contribution in [0.5, 0.6) is 0 Å². The van der Waals surface area contributed by atoms with E-state index in [1.54, 1.807) is 6.92 Å². The first-order valence-corrected chi connectivity index (χ1v) is 9.28. The summed E-state index contributed by atoms with van der Waals surface area (Å²) in [5, 5.41) is 12.1. The Bertz CT molecular complexity index is 854. The zero-order valence-electron chi connectivity index (χ0n) is 16.0. The van der Waals surface area contributed by atoms with Crippen LogP contribution in [-0.2, 0) is 19.4 Å². The molecule has 0 fully saturated rings. The molecule has 1 aliphatic heterocycles. The minimum atomic E-state index is -1.08. The number of fused-ring (bicyclic) bond motifs is 1. The number of nitrogens with one attached hydrogen (secondary N) is 1. The molecule has 0 unspecified atom stereocenters. The minimum Gasteiger partial charge on any atom is -0.478 e. The average molecular weight is 370 g/mol. The van der Waals surface area contributed by atoms with Gasteiger partial charge >= 0.3 is 5.97 Å². The molecule has 0 spiro atoms. The zero-order valence-corrected chi connectivity index (χ0v) is 16.0. The number of benzene rings is 1. The van der Waals surface area contributed by atoms with Gasteiger partial charge in [-0.05, 0) is 31.4 Å². The average Bonchev–Trinajstić information content (AvgIpc) is 3.10. The summed E-state index contributed by atoms with van der Waals surface area (Å²) >= 11 is 0. The van der Waals surface area contributed by atoms with E-state index in [4.69, 9.17) is 4.42 Å². The molecule has 1 amide bonds. The van der Waals surface area contributed by atoms with Gasteiger partial charge < -0.3 is 14.8 Å². The summed E-state index contributed by atoms with van der Waals surface area (Å²) in [6, 6.07) is 9.75. The fourth-order valence-electron chi connectivity index (χ4n) is 3.49. The lowest BCUT2D eigenvalue weighted by Gasteiger charge is -2.41. The van der Waals surface area contributed by atoms with Crippen LogP contribution in [0.3, 0.4) is 0 Å². The molecule has 0 aliphatic carbocycles. The highest BCUT2D eigenvalue weighted by molar-refractivity contribution is 5.96. The van der Waals surface area contributed by atoms with Crippen LogP contribution >= 0.6 is 0 Å². The number of rotatable bonds is 6. The van der Waals surface area contributed by atoms with E-state index in [0.717, 1.165) is 19.5 Å². The normalized spacial score (nSPS) is 14.6. The van der Waals surface area contributed by atoms with Gasteiger partial charge in [-0.15, -0.1) is 0 Å². The van der Waals surface area contributed by atoms with Crippen molar-refractivity contribution in [2.24, 2.45) is 0 Å². The van der Waals surface area contributed by atoms with E-state index in [9.17, 15) is 14.7 Å². The first-order valence-electron chi connectivity index (χ1n) is 9.28. The van der Waals surface area contributed by atoms with Gasteiger partial charge in [0.1, 0.15) is 11.3 Å². The van der Waals surface area contributed by atoms with Crippen molar-refractivity contribution in [1.82, 2.24) is 10.2 Å². The number of nitrogens with zero attached hydrogens (tertiary/aromatic N) is 1. The Labute approximate surface area is 159 Å². The van der Waals surface area contributed by atoms with Crippen molar-refractivity contribution in [2.45, 2.75) is 45.7 Å². The van der Waals surface area contributed by atoms with E-state index in [1.807, 2.05) is 0 Å². The quantitative estimate of drug-likeness (QED) is 0.816. The van der Waals surface area contributed by atoms with Crippen LogP contribution < -0.4 is 5.32 Å². The van der Waals surface area contributed by atoms with Crippen molar-refractivity contribution in [3.63, 3.8) is 0 Å². The Morgan fingerprint density at radius 2 is 1.96 bits per heavy atom. The van der Waals surface area contributed by atoms with Gasteiger partial charge in [0.25, 0.3) is 5.91 Å². The van der Waals surface area contributed by atoms with Crippen LogP contribution in [-0.4, -0.2) is 40.5 Å². The number of aromatic carboxylic acids is 1. The second-order valence-corrected chi connectivity index (χ2v) is 7.54. The van der Waals surface area contributed by atoms with Crippen molar-refractivity contribution in [1.29, 1.82) is 0 Å². The van der Waals surface area contributed by atoms with Gasteiger partial charge in [0.05, 0.1) is 0 Å². The van der Waals surface area contributed by atoms with Gasteiger partial charge in [-0.1, -0.05) is 31.2 Å². The molecule has 6 nitrogen and oxygen atoms in total. The fraction of sp³-hybridized carbons (Fsp3) is 0.429. The standard InChI is InChI=1S/C21H26N2O4/c1-4-17-16(20(25)26)11-18(27-17)19(24)22-13-21(2,3)23-10-9-14-7-5-6-8-15(14)12-23/h5-8,11H,4,9-10,12-13H2,1-3H3,(H,22,24)(H,25,26). The number of furan rings is 1. The predicted octanol–water partition coefficient (Wildman–Crippen LogP) is 3.11. The molecule has 27 heavy (non-hydrogen) atoms. The first-order chi connectivity index (χ1) is 12.8. The molecule has 0 saturated heterocycles. The first kappa shape index (κ1) is 19.2. The molecule has 0 radical (unpaired) electrons. The minimum absolute atomic E-state index is 0.0454. The molecular weight excluding hydrogens is 344 g/mol. The summed E-state index contributed by atoms with van der Waals surface area (Å²) in [5.41, 5.74) is 2.53. The molecule has 2 heterocycles. The van der Waals surface area contributed by atoms with Gasteiger partial charge in [0.15, 0.2) is 5.76 Å². The molecule has 3 rings (SSSR count). The zero-order chi connectivity index (χ0) is 19.6. The molecule has 1 aromatic carbocycles. The third-order valence-corrected chi connectivity index (χ3v) is 5.25. The SMILES string of the molecule is CCc1oc(C(=O)NCC(C)(C)N2CCc3ccccc3C2)cc1C(=O)O. The van der Waals surface area contributed by atoms with Gasteiger partial charge in [-0.25, -0.2) is 4.79 Å². The fourth-order valence-corrected chi connectivity index (χ4v) is 3.49. The molecule has 1 aliphatic rings. The summed E-state index contributed by atoms with van der Waals surface area (Å²) in [4.78, 5) is 26.1.